The van der Waals surface area contributed by atoms with Gasteiger partial charge in [-0.1, -0.05) is 121 Å². The molecule has 0 bridgehead atoms. The van der Waals surface area contributed by atoms with Crippen molar-refractivity contribution in [2.75, 3.05) is 6.61 Å². The molecule has 1 aliphatic carbocycles. The zero-order valence-electron chi connectivity index (χ0n) is 23.0. The number of ketones is 1. The van der Waals surface area contributed by atoms with Gasteiger partial charge in [0.1, 0.15) is 23.9 Å². The molecule has 0 radical (unpaired) electrons. The Balaban J connectivity index is 1.40. The van der Waals surface area contributed by atoms with Crippen molar-refractivity contribution in [3.05, 3.63) is 144 Å². The topological polar surface area (TPSA) is 74.2 Å². The fourth-order valence-corrected chi connectivity index (χ4v) is 5.10. The third-order valence-electron chi connectivity index (χ3n) is 7.22. The second-order valence-electron chi connectivity index (χ2n) is 10.4. The molecule has 0 amide bonds. The Hall–Kier alpha value is -3.65. The lowest BCUT2D eigenvalue weighted by molar-refractivity contribution is -0.240. The lowest BCUT2D eigenvalue weighted by Gasteiger charge is -2.46. The number of benzene rings is 4. The highest BCUT2D eigenvalue weighted by molar-refractivity contribution is 5.86. The van der Waals surface area contributed by atoms with Crippen LogP contribution < -0.4 is 0 Å². The van der Waals surface area contributed by atoms with Crippen LogP contribution >= 0.6 is 0 Å². The van der Waals surface area contributed by atoms with Crippen molar-refractivity contribution in [2.45, 2.75) is 56.8 Å². The molecular weight excluding hydrogens is 516 g/mol. The average Bonchev–Trinajstić information content (AvgIpc) is 3.01. The number of Topliss-reactive ketones (excluding diaryl/α,β-unsaturated/α-hetero) is 1. The summed E-state index contributed by atoms with van der Waals surface area (Å²) in [4.78, 5) is 13.6. The van der Waals surface area contributed by atoms with E-state index in [9.17, 15) is 9.90 Å². The molecule has 4 atom stereocenters. The number of aliphatic hydroxyl groups is 1. The van der Waals surface area contributed by atoms with Crippen molar-refractivity contribution >= 4 is 5.78 Å². The number of rotatable bonds is 13. The molecule has 0 aromatic heterocycles. The van der Waals surface area contributed by atoms with E-state index in [1.54, 1.807) is 0 Å². The van der Waals surface area contributed by atoms with E-state index in [1.807, 2.05) is 121 Å². The van der Waals surface area contributed by atoms with Crippen LogP contribution in [0.25, 0.3) is 0 Å². The van der Waals surface area contributed by atoms with Crippen LogP contribution in [0.2, 0.25) is 0 Å². The van der Waals surface area contributed by atoms with Gasteiger partial charge < -0.3 is 24.1 Å². The van der Waals surface area contributed by atoms with E-state index >= 15 is 0 Å². The van der Waals surface area contributed by atoms with E-state index < -0.39 is 23.9 Å². The Bertz CT molecular complexity index is 1330. The molecule has 212 valence electrons. The summed E-state index contributed by atoms with van der Waals surface area (Å²) in [6, 6.07) is 38.9. The molecule has 6 heteroatoms. The summed E-state index contributed by atoms with van der Waals surface area (Å²) in [5.74, 6) is -0.246. The molecule has 1 fully saturated rings. The van der Waals surface area contributed by atoms with Gasteiger partial charge in [-0.15, -0.1) is 0 Å². The molecule has 0 heterocycles. The molecule has 1 N–H and O–H groups in total. The molecule has 0 spiro atoms. The SMILES string of the molecule is O=C1CC(O)(COCc2ccccc2)[C@@H](OCc2ccccc2)C(OCc2ccccc2)C1OCc1ccccc1. The summed E-state index contributed by atoms with van der Waals surface area (Å²) in [5, 5.41) is 12.0. The summed E-state index contributed by atoms with van der Waals surface area (Å²) in [5.41, 5.74) is 2.18. The van der Waals surface area contributed by atoms with Crippen LogP contribution in [0.15, 0.2) is 121 Å². The van der Waals surface area contributed by atoms with Gasteiger partial charge in [-0.05, 0) is 22.3 Å². The van der Waals surface area contributed by atoms with Crippen molar-refractivity contribution in [1.29, 1.82) is 0 Å². The second kappa shape index (κ2) is 14.3. The van der Waals surface area contributed by atoms with Gasteiger partial charge in [0.15, 0.2) is 5.78 Å². The number of carbonyl (C=O) groups is 1. The van der Waals surface area contributed by atoms with Crippen LogP contribution in [0.5, 0.6) is 0 Å². The van der Waals surface area contributed by atoms with Crippen LogP contribution in [0.3, 0.4) is 0 Å². The molecular formula is C35H36O6. The van der Waals surface area contributed by atoms with Crippen LogP contribution in [0.1, 0.15) is 28.7 Å². The number of hydrogen-bond acceptors (Lipinski definition) is 6. The van der Waals surface area contributed by atoms with Gasteiger partial charge in [0.25, 0.3) is 0 Å². The van der Waals surface area contributed by atoms with Crippen LogP contribution in [0, 0.1) is 0 Å². The van der Waals surface area contributed by atoms with Crippen LogP contribution in [0.4, 0.5) is 0 Å². The summed E-state index contributed by atoms with van der Waals surface area (Å²) in [6.45, 7) is 0.903. The zero-order chi connectivity index (χ0) is 28.3. The average molecular weight is 553 g/mol. The minimum Gasteiger partial charge on any atom is -0.384 e. The maximum atomic E-state index is 13.6. The highest BCUT2D eigenvalue weighted by Gasteiger charge is 2.55. The second-order valence-corrected chi connectivity index (χ2v) is 10.4. The highest BCUT2D eigenvalue weighted by atomic mass is 16.6. The Morgan fingerprint density at radius 2 is 1.00 bits per heavy atom. The molecule has 4 aromatic carbocycles. The van der Waals surface area contributed by atoms with E-state index in [-0.39, 0.29) is 38.6 Å². The first-order valence-electron chi connectivity index (χ1n) is 13.9. The largest absolute Gasteiger partial charge is 0.384 e. The first kappa shape index (κ1) is 28.9. The van der Waals surface area contributed by atoms with Crippen molar-refractivity contribution in [2.24, 2.45) is 0 Å². The monoisotopic (exact) mass is 552 g/mol. The first-order valence-corrected chi connectivity index (χ1v) is 13.9. The molecule has 0 saturated heterocycles. The third-order valence-corrected chi connectivity index (χ3v) is 7.22. The minimum atomic E-state index is -1.62. The fraction of sp³-hybridized carbons (Fsp3) is 0.286. The van der Waals surface area contributed by atoms with E-state index in [1.165, 1.54) is 0 Å². The number of ether oxygens (including phenoxy) is 4. The van der Waals surface area contributed by atoms with Crippen molar-refractivity contribution in [3.8, 4) is 0 Å². The smallest absolute Gasteiger partial charge is 0.167 e. The lowest BCUT2D eigenvalue weighted by Crippen LogP contribution is -2.65. The Morgan fingerprint density at radius 3 is 1.49 bits per heavy atom. The maximum Gasteiger partial charge on any atom is 0.167 e. The summed E-state index contributed by atoms with van der Waals surface area (Å²) in [6.07, 6.45) is -2.85. The van der Waals surface area contributed by atoms with Crippen molar-refractivity contribution in [1.82, 2.24) is 0 Å². The quantitative estimate of drug-likeness (QED) is 0.231. The Morgan fingerprint density at radius 1 is 0.585 bits per heavy atom. The lowest BCUT2D eigenvalue weighted by atomic mass is 9.78. The van der Waals surface area contributed by atoms with Gasteiger partial charge in [-0.3, -0.25) is 4.79 Å². The summed E-state index contributed by atoms with van der Waals surface area (Å²) < 4.78 is 25.1. The summed E-state index contributed by atoms with van der Waals surface area (Å²) >= 11 is 0. The predicted molar refractivity (Wildman–Crippen MR) is 156 cm³/mol. The van der Waals surface area contributed by atoms with E-state index in [0.29, 0.717) is 6.61 Å². The molecule has 1 aliphatic rings. The summed E-state index contributed by atoms with van der Waals surface area (Å²) in [7, 11) is 0. The normalized spacial score (nSPS) is 22.5. The van der Waals surface area contributed by atoms with E-state index in [0.717, 1.165) is 22.3 Å². The number of carbonyl (C=O) groups excluding carboxylic acids is 1. The fourth-order valence-electron chi connectivity index (χ4n) is 5.10. The third kappa shape index (κ3) is 7.97. The predicted octanol–water partition coefficient (Wildman–Crippen LogP) is 5.66. The van der Waals surface area contributed by atoms with E-state index in [4.69, 9.17) is 18.9 Å². The Kier molecular flexibility index (Phi) is 10.1. The van der Waals surface area contributed by atoms with Gasteiger partial charge in [-0.2, -0.15) is 0 Å². The van der Waals surface area contributed by atoms with E-state index in [2.05, 4.69) is 0 Å². The zero-order valence-corrected chi connectivity index (χ0v) is 23.0. The van der Waals surface area contributed by atoms with Gasteiger partial charge in [0.05, 0.1) is 33.0 Å². The minimum absolute atomic E-state index is 0.0936. The first-order chi connectivity index (χ1) is 20.1. The number of hydrogen-bond donors (Lipinski definition) is 1. The van der Waals surface area contributed by atoms with Gasteiger partial charge in [-0.25, -0.2) is 0 Å². The van der Waals surface area contributed by atoms with Gasteiger partial charge >= 0.3 is 0 Å². The molecule has 6 nitrogen and oxygen atoms in total. The maximum absolute atomic E-state index is 13.6. The van der Waals surface area contributed by atoms with Crippen molar-refractivity contribution < 1.29 is 28.8 Å². The highest BCUT2D eigenvalue weighted by Crippen LogP contribution is 2.35. The molecule has 1 saturated carbocycles. The standard InChI is InChI=1S/C35H36O6/c36-31-21-35(37,26-38-22-27-13-5-1-6-14-27)34(41-25-30-19-11-4-12-20-30)33(40-24-29-17-9-3-10-18-29)32(31)39-23-28-15-7-2-8-16-28/h1-20,32-34,37H,21-26H2/t32?,33?,34-,35?/m0/s1. The molecule has 0 aliphatic heterocycles. The molecule has 41 heavy (non-hydrogen) atoms. The van der Waals surface area contributed by atoms with Crippen molar-refractivity contribution in [3.63, 3.8) is 0 Å². The van der Waals surface area contributed by atoms with Crippen LogP contribution in [-0.2, 0) is 50.2 Å². The van der Waals surface area contributed by atoms with Crippen LogP contribution in [-0.4, -0.2) is 41.4 Å². The molecule has 4 aromatic rings. The van der Waals surface area contributed by atoms with Gasteiger partial charge in [0, 0.05) is 6.42 Å². The molecule has 5 rings (SSSR count). The Labute approximate surface area is 241 Å². The molecule has 3 unspecified atom stereocenters. The van der Waals surface area contributed by atoms with Gasteiger partial charge in [0.2, 0.25) is 0 Å².